The van der Waals surface area contributed by atoms with Crippen molar-refractivity contribution in [2.24, 2.45) is 0 Å². The molecule has 2 N–H and O–H groups in total. The molecule has 0 aromatic heterocycles. The summed E-state index contributed by atoms with van der Waals surface area (Å²) in [5, 5.41) is 19.9. The van der Waals surface area contributed by atoms with Gasteiger partial charge < -0.3 is 29.2 Å². The molecule has 0 bridgehead atoms. The van der Waals surface area contributed by atoms with Gasteiger partial charge in [-0.2, -0.15) is 0 Å². The molecule has 4 rings (SSSR count). The number of rotatable bonds is 5. The Bertz CT molecular complexity index is 749. The Hall–Kier alpha value is -1.80. The topological polar surface area (TPSA) is 77.4 Å². The van der Waals surface area contributed by atoms with Crippen molar-refractivity contribution in [3.63, 3.8) is 0 Å². The minimum atomic E-state index is -1.08. The van der Waals surface area contributed by atoms with Gasteiger partial charge in [0.2, 0.25) is 0 Å². The molecule has 6 heteroatoms. The van der Waals surface area contributed by atoms with Crippen molar-refractivity contribution in [1.29, 1.82) is 0 Å². The molecule has 2 heterocycles. The average Bonchev–Trinajstić information content (AvgIpc) is 2.78. The lowest BCUT2D eigenvalue weighted by atomic mass is 9.99. The van der Waals surface area contributed by atoms with Crippen LogP contribution in [-0.2, 0) is 25.4 Å². The van der Waals surface area contributed by atoms with Crippen LogP contribution in [-0.4, -0.2) is 47.8 Å². The van der Waals surface area contributed by atoms with E-state index in [0.717, 1.165) is 17.5 Å². The van der Waals surface area contributed by atoms with E-state index in [-0.39, 0.29) is 0 Å². The van der Waals surface area contributed by atoms with Crippen molar-refractivity contribution in [3.05, 3.63) is 71.3 Å². The van der Waals surface area contributed by atoms with Gasteiger partial charge in [0.05, 0.1) is 13.2 Å². The highest BCUT2D eigenvalue weighted by atomic mass is 16.8. The van der Waals surface area contributed by atoms with Crippen LogP contribution < -0.4 is 0 Å². The molecule has 2 aromatic carbocycles. The van der Waals surface area contributed by atoms with Crippen LogP contribution in [0.25, 0.3) is 0 Å². The van der Waals surface area contributed by atoms with Crippen LogP contribution in [0.1, 0.15) is 36.2 Å². The van der Waals surface area contributed by atoms with E-state index in [1.807, 2.05) is 54.6 Å². The Morgan fingerprint density at radius 3 is 2.32 bits per heavy atom. The molecule has 2 fully saturated rings. The molecule has 0 amide bonds. The van der Waals surface area contributed by atoms with E-state index in [9.17, 15) is 10.2 Å². The van der Waals surface area contributed by atoms with Crippen molar-refractivity contribution in [3.8, 4) is 0 Å². The number of ether oxygens (including phenoxy) is 4. The highest BCUT2D eigenvalue weighted by Gasteiger charge is 2.48. The van der Waals surface area contributed by atoms with E-state index in [1.54, 1.807) is 0 Å². The number of benzene rings is 2. The lowest BCUT2D eigenvalue weighted by molar-refractivity contribution is -0.373. The molecule has 0 spiro atoms. The predicted octanol–water partition coefficient (Wildman–Crippen LogP) is 2.50. The summed E-state index contributed by atoms with van der Waals surface area (Å²) in [6.45, 7) is 1.99. The lowest BCUT2D eigenvalue weighted by Crippen LogP contribution is -2.58. The smallest absolute Gasteiger partial charge is 0.184 e. The van der Waals surface area contributed by atoms with Crippen LogP contribution in [0.15, 0.2) is 54.6 Å². The Balaban J connectivity index is 1.54. The van der Waals surface area contributed by atoms with Gasteiger partial charge in [-0.25, -0.2) is 0 Å². The summed E-state index contributed by atoms with van der Waals surface area (Å²) in [5.41, 5.74) is 2.96. The predicted molar refractivity (Wildman–Crippen MR) is 101 cm³/mol. The van der Waals surface area contributed by atoms with Gasteiger partial charge in [0, 0.05) is 11.1 Å². The second-order valence-electron chi connectivity index (χ2n) is 7.13. The van der Waals surface area contributed by atoms with Gasteiger partial charge in [-0.15, -0.1) is 0 Å². The zero-order valence-corrected chi connectivity index (χ0v) is 15.8. The van der Waals surface area contributed by atoms with Gasteiger partial charge in [0.15, 0.2) is 12.6 Å². The summed E-state index contributed by atoms with van der Waals surface area (Å²) < 4.78 is 24.1. The van der Waals surface area contributed by atoms with Crippen molar-refractivity contribution in [2.45, 2.75) is 50.3 Å². The molecule has 6 atom stereocenters. The van der Waals surface area contributed by atoms with Crippen LogP contribution in [0.3, 0.4) is 0 Å². The third-order valence-corrected chi connectivity index (χ3v) is 5.26. The van der Waals surface area contributed by atoms with Gasteiger partial charge in [-0.3, -0.25) is 0 Å². The number of hydrogen-bond donors (Lipinski definition) is 2. The minimum absolute atomic E-state index is 0.311. The SMILES string of the molecule is CCc1ccc(C2O[C@H]([C@H](O)CO)[C@@H]3OC(c4ccccc4)OC[C@@H]3O2)cc1. The summed E-state index contributed by atoms with van der Waals surface area (Å²) in [5.74, 6) is 0. The quantitative estimate of drug-likeness (QED) is 0.822. The third-order valence-electron chi connectivity index (χ3n) is 5.26. The standard InChI is InChI=1S/C22H26O6/c1-2-14-8-10-16(11-9-14)22-26-18-13-25-21(15-6-4-3-5-7-15)28-20(18)19(27-22)17(24)12-23/h3-11,17-24H,2,12-13H2,1H3/t17-,18+,19-,20-,21?,22?/m1/s1. The summed E-state index contributed by atoms with van der Waals surface area (Å²) in [6, 6.07) is 17.6. The maximum atomic E-state index is 10.4. The average molecular weight is 386 g/mol. The maximum absolute atomic E-state index is 10.4. The Kier molecular flexibility index (Phi) is 6.06. The monoisotopic (exact) mass is 386 g/mol. The molecular formula is C22H26O6. The highest BCUT2D eigenvalue weighted by Crippen LogP contribution is 2.38. The Morgan fingerprint density at radius 1 is 0.929 bits per heavy atom. The van der Waals surface area contributed by atoms with E-state index in [2.05, 4.69) is 6.92 Å². The fourth-order valence-electron chi connectivity index (χ4n) is 3.63. The molecule has 2 aromatic rings. The van der Waals surface area contributed by atoms with Crippen LogP contribution >= 0.6 is 0 Å². The number of hydrogen-bond acceptors (Lipinski definition) is 6. The van der Waals surface area contributed by atoms with E-state index >= 15 is 0 Å². The molecule has 0 saturated carbocycles. The molecule has 0 radical (unpaired) electrons. The van der Waals surface area contributed by atoms with E-state index in [4.69, 9.17) is 18.9 Å². The molecule has 2 aliphatic rings. The first-order valence-electron chi connectivity index (χ1n) is 9.70. The van der Waals surface area contributed by atoms with Crippen molar-refractivity contribution in [1.82, 2.24) is 0 Å². The molecule has 150 valence electrons. The third kappa shape index (κ3) is 3.98. The summed E-state index contributed by atoms with van der Waals surface area (Å²) in [4.78, 5) is 0. The number of fused-ring (bicyclic) bond motifs is 1. The first-order valence-corrected chi connectivity index (χ1v) is 9.70. The maximum Gasteiger partial charge on any atom is 0.184 e. The fraction of sp³-hybridized carbons (Fsp3) is 0.455. The van der Waals surface area contributed by atoms with Crippen LogP contribution in [0.2, 0.25) is 0 Å². The molecule has 0 aliphatic carbocycles. The summed E-state index contributed by atoms with van der Waals surface area (Å²) in [6.07, 6.45) is -3.03. The second-order valence-corrected chi connectivity index (χ2v) is 7.13. The second kappa shape index (κ2) is 8.69. The molecular weight excluding hydrogens is 360 g/mol. The van der Waals surface area contributed by atoms with Crippen molar-refractivity contribution < 1.29 is 29.2 Å². The van der Waals surface area contributed by atoms with E-state index in [0.29, 0.717) is 6.61 Å². The highest BCUT2D eigenvalue weighted by molar-refractivity contribution is 5.24. The van der Waals surface area contributed by atoms with Gasteiger partial charge >= 0.3 is 0 Å². The molecule has 28 heavy (non-hydrogen) atoms. The van der Waals surface area contributed by atoms with Gasteiger partial charge in [-0.05, 0) is 12.0 Å². The summed E-state index contributed by atoms with van der Waals surface area (Å²) in [7, 11) is 0. The Morgan fingerprint density at radius 2 is 1.64 bits per heavy atom. The number of aryl methyl sites for hydroxylation is 1. The largest absolute Gasteiger partial charge is 0.394 e. The minimum Gasteiger partial charge on any atom is -0.394 e. The van der Waals surface area contributed by atoms with Gasteiger partial charge in [-0.1, -0.05) is 61.5 Å². The zero-order chi connectivity index (χ0) is 19.5. The molecule has 2 saturated heterocycles. The van der Waals surface area contributed by atoms with E-state index in [1.165, 1.54) is 5.56 Å². The fourth-order valence-corrected chi connectivity index (χ4v) is 3.63. The normalized spacial score (nSPS) is 31.2. The zero-order valence-electron chi connectivity index (χ0n) is 15.8. The summed E-state index contributed by atoms with van der Waals surface area (Å²) >= 11 is 0. The first-order chi connectivity index (χ1) is 13.7. The van der Waals surface area contributed by atoms with Gasteiger partial charge in [0.25, 0.3) is 0 Å². The molecule has 6 nitrogen and oxygen atoms in total. The van der Waals surface area contributed by atoms with Crippen LogP contribution in [0.5, 0.6) is 0 Å². The van der Waals surface area contributed by atoms with Gasteiger partial charge in [0.1, 0.15) is 24.4 Å². The Labute approximate surface area is 164 Å². The van der Waals surface area contributed by atoms with Crippen molar-refractivity contribution >= 4 is 0 Å². The van der Waals surface area contributed by atoms with Crippen molar-refractivity contribution in [2.75, 3.05) is 13.2 Å². The number of aliphatic hydroxyl groups is 2. The van der Waals surface area contributed by atoms with Crippen LogP contribution in [0, 0.1) is 0 Å². The first kappa shape index (κ1) is 19.5. The van der Waals surface area contributed by atoms with Crippen LogP contribution in [0.4, 0.5) is 0 Å². The molecule has 2 aliphatic heterocycles. The van der Waals surface area contributed by atoms with E-state index < -0.39 is 43.6 Å². The molecule has 2 unspecified atom stereocenters. The number of aliphatic hydroxyl groups excluding tert-OH is 2. The lowest BCUT2D eigenvalue weighted by Gasteiger charge is -2.47.